The third kappa shape index (κ3) is 2.50. The van der Waals surface area contributed by atoms with Crippen LogP contribution in [0.4, 0.5) is 0 Å². The summed E-state index contributed by atoms with van der Waals surface area (Å²) in [5.74, 6) is 6.41. The monoisotopic (exact) mass is 312 g/mol. The molecular formula is C19H24N2O2. The number of aryl methyl sites for hydroxylation is 2. The summed E-state index contributed by atoms with van der Waals surface area (Å²) in [4.78, 5) is 0. The van der Waals surface area contributed by atoms with Gasteiger partial charge in [-0.1, -0.05) is 13.3 Å². The average Bonchev–Trinajstić information content (AvgIpc) is 2.59. The van der Waals surface area contributed by atoms with Crippen LogP contribution in [0.5, 0.6) is 5.75 Å². The molecule has 4 rings (SSSR count). The van der Waals surface area contributed by atoms with Crippen LogP contribution in [0.15, 0.2) is 27.7 Å². The quantitative estimate of drug-likeness (QED) is 0.643. The standard InChI is InChI=1S/C19H24N2O2/c1-2-13-11-18(21-20)22-17-12-16-14(10-15(13)17)6-9-19(23-16)7-4-3-5-8-19/h10-12H,2-9,20H2,1H3/b21-18+. The molecule has 0 bridgehead atoms. The van der Waals surface area contributed by atoms with Crippen molar-refractivity contribution in [3.05, 3.63) is 34.9 Å². The van der Waals surface area contributed by atoms with Crippen LogP contribution in [0.2, 0.25) is 0 Å². The van der Waals surface area contributed by atoms with Gasteiger partial charge in [0.25, 0.3) is 0 Å². The first-order valence-corrected chi connectivity index (χ1v) is 8.76. The topological polar surface area (TPSA) is 60.8 Å². The van der Waals surface area contributed by atoms with Gasteiger partial charge in [-0.15, -0.1) is 5.10 Å². The van der Waals surface area contributed by atoms with Crippen molar-refractivity contribution in [2.45, 2.75) is 63.9 Å². The number of nitrogens with zero attached hydrogens (tertiary/aromatic N) is 1. The Morgan fingerprint density at radius 2 is 1.96 bits per heavy atom. The second-order valence-corrected chi connectivity index (χ2v) is 6.89. The molecule has 2 aromatic rings. The van der Waals surface area contributed by atoms with Gasteiger partial charge in [0, 0.05) is 17.5 Å². The molecular weight excluding hydrogens is 288 g/mol. The summed E-state index contributed by atoms with van der Waals surface area (Å²) in [7, 11) is 0. The van der Waals surface area contributed by atoms with Gasteiger partial charge in [-0.05, 0) is 62.1 Å². The van der Waals surface area contributed by atoms with E-state index in [2.05, 4.69) is 18.1 Å². The molecule has 1 spiro atoms. The third-order valence-corrected chi connectivity index (χ3v) is 5.47. The first kappa shape index (κ1) is 14.6. The second kappa shape index (κ2) is 5.59. The lowest BCUT2D eigenvalue weighted by Gasteiger charge is -2.41. The van der Waals surface area contributed by atoms with Gasteiger partial charge in [0.15, 0.2) is 0 Å². The molecule has 2 N–H and O–H groups in total. The van der Waals surface area contributed by atoms with Crippen LogP contribution in [-0.4, -0.2) is 5.60 Å². The highest BCUT2D eigenvalue weighted by molar-refractivity contribution is 5.83. The van der Waals surface area contributed by atoms with Crippen LogP contribution in [0.25, 0.3) is 11.0 Å². The zero-order valence-electron chi connectivity index (χ0n) is 13.7. The van der Waals surface area contributed by atoms with Gasteiger partial charge >= 0.3 is 0 Å². The smallest absolute Gasteiger partial charge is 0.236 e. The minimum atomic E-state index is 0.0579. The largest absolute Gasteiger partial charge is 0.487 e. The van der Waals surface area contributed by atoms with Crippen molar-refractivity contribution in [3.63, 3.8) is 0 Å². The molecule has 1 aromatic heterocycles. The second-order valence-electron chi connectivity index (χ2n) is 6.89. The predicted molar refractivity (Wildman–Crippen MR) is 90.1 cm³/mol. The van der Waals surface area contributed by atoms with Crippen LogP contribution in [0.1, 0.15) is 56.6 Å². The summed E-state index contributed by atoms with van der Waals surface area (Å²) in [5, 5.41) is 4.87. The lowest BCUT2D eigenvalue weighted by atomic mass is 9.79. The molecule has 1 aliphatic heterocycles. The van der Waals surface area contributed by atoms with E-state index < -0.39 is 0 Å². The van der Waals surface area contributed by atoms with E-state index in [4.69, 9.17) is 15.0 Å². The first-order valence-electron chi connectivity index (χ1n) is 8.76. The SMILES string of the molecule is CCc1c/c(=N\N)oc2cc3c(cc12)CCC1(CCCCC1)O3. The maximum Gasteiger partial charge on any atom is 0.236 e. The van der Waals surface area contributed by atoms with E-state index >= 15 is 0 Å². The minimum Gasteiger partial charge on any atom is -0.487 e. The Morgan fingerprint density at radius 1 is 1.13 bits per heavy atom. The van der Waals surface area contributed by atoms with Crippen LogP contribution in [0, 0.1) is 0 Å². The van der Waals surface area contributed by atoms with Gasteiger partial charge < -0.3 is 15.0 Å². The van der Waals surface area contributed by atoms with Gasteiger partial charge in [0.1, 0.15) is 16.9 Å². The minimum absolute atomic E-state index is 0.0579. The van der Waals surface area contributed by atoms with E-state index in [-0.39, 0.29) is 5.60 Å². The van der Waals surface area contributed by atoms with Crippen molar-refractivity contribution >= 4 is 11.0 Å². The van der Waals surface area contributed by atoms with Gasteiger partial charge in [-0.2, -0.15) is 0 Å². The molecule has 0 radical (unpaired) electrons. The summed E-state index contributed by atoms with van der Waals surface area (Å²) in [6.45, 7) is 2.14. The number of benzene rings is 1. The summed E-state index contributed by atoms with van der Waals surface area (Å²) in [5.41, 5.74) is 3.87. The number of fused-ring (bicyclic) bond motifs is 2. The number of ether oxygens (including phenoxy) is 1. The summed E-state index contributed by atoms with van der Waals surface area (Å²) < 4.78 is 12.3. The first-order chi connectivity index (χ1) is 11.2. The Balaban J connectivity index is 1.82. The van der Waals surface area contributed by atoms with E-state index in [0.29, 0.717) is 5.55 Å². The highest BCUT2D eigenvalue weighted by Crippen LogP contribution is 2.43. The normalized spacial score (nSPS) is 20.5. The Labute approximate surface area is 136 Å². The molecule has 0 saturated heterocycles. The fourth-order valence-corrected chi connectivity index (χ4v) is 4.15. The molecule has 2 aliphatic rings. The average molecular weight is 312 g/mol. The van der Waals surface area contributed by atoms with Crippen molar-refractivity contribution in [2.24, 2.45) is 10.9 Å². The molecule has 122 valence electrons. The van der Waals surface area contributed by atoms with E-state index in [1.54, 1.807) is 0 Å². The van der Waals surface area contributed by atoms with Crippen LogP contribution in [-0.2, 0) is 12.8 Å². The number of hydrogen-bond donors (Lipinski definition) is 1. The Hall–Kier alpha value is -1.97. The molecule has 1 aliphatic carbocycles. The summed E-state index contributed by atoms with van der Waals surface area (Å²) >= 11 is 0. The Kier molecular flexibility index (Phi) is 3.55. The molecule has 0 unspecified atom stereocenters. The van der Waals surface area contributed by atoms with Crippen LogP contribution >= 0.6 is 0 Å². The number of hydrogen-bond acceptors (Lipinski definition) is 4. The molecule has 0 amide bonds. The van der Waals surface area contributed by atoms with Crippen molar-refractivity contribution in [1.82, 2.24) is 0 Å². The van der Waals surface area contributed by atoms with E-state index in [1.165, 1.54) is 43.2 Å². The van der Waals surface area contributed by atoms with Gasteiger partial charge in [-0.25, -0.2) is 0 Å². The van der Waals surface area contributed by atoms with Crippen molar-refractivity contribution in [1.29, 1.82) is 0 Å². The lowest BCUT2D eigenvalue weighted by molar-refractivity contribution is 0.0109. The molecule has 1 aromatic carbocycles. The van der Waals surface area contributed by atoms with Gasteiger partial charge in [0.05, 0.1) is 0 Å². The lowest BCUT2D eigenvalue weighted by Crippen LogP contribution is -2.41. The van der Waals surface area contributed by atoms with E-state index in [0.717, 1.165) is 36.0 Å². The van der Waals surface area contributed by atoms with Crippen molar-refractivity contribution < 1.29 is 9.15 Å². The maximum atomic E-state index is 6.49. The zero-order chi connectivity index (χ0) is 15.9. The van der Waals surface area contributed by atoms with Crippen LogP contribution < -0.4 is 16.1 Å². The highest BCUT2D eigenvalue weighted by atomic mass is 16.5. The summed E-state index contributed by atoms with van der Waals surface area (Å²) in [6.07, 6.45) is 9.43. The summed E-state index contributed by atoms with van der Waals surface area (Å²) in [6, 6.07) is 6.22. The third-order valence-electron chi connectivity index (χ3n) is 5.47. The number of nitrogens with two attached hydrogens (primary N) is 1. The van der Waals surface area contributed by atoms with Crippen molar-refractivity contribution in [3.8, 4) is 5.75 Å². The predicted octanol–water partition coefficient (Wildman–Crippen LogP) is 3.80. The number of rotatable bonds is 1. The Morgan fingerprint density at radius 3 is 2.70 bits per heavy atom. The molecule has 23 heavy (non-hydrogen) atoms. The molecule has 4 nitrogen and oxygen atoms in total. The Bertz CT molecular complexity index is 801. The fourth-order valence-electron chi connectivity index (χ4n) is 4.15. The van der Waals surface area contributed by atoms with E-state index in [1.807, 2.05) is 12.1 Å². The molecule has 1 fully saturated rings. The zero-order valence-corrected chi connectivity index (χ0v) is 13.7. The van der Waals surface area contributed by atoms with E-state index in [9.17, 15) is 0 Å². The van der Waals surface area contributed by atoms with Gasteiger partial charge in [0.2, 0.25) is 5.55 Å². The van der Waals surface area contributed by atoms with Crippen molar-refractivity contribution in [2.75, 3.05) is 0 Å². The maximum absolute atomic E-state index is 6.49. The highest BCUT2D eigenvalue weighted by Gasteiger charge is 2.37. The molecule has 0 atom stereocenters. The molecule has 1 saturated carbocycles. The van der Waals surface area contributed by atoms with Gasteiger partial charge in [-0.3, -0.25) is 0 Å². The fraction of sp³-hybridized carbons (Fsp3) is 0.526. The molecule has 4 heteroatoms. The molecule has 2 heterocycles. The van der Waals surface area contributed by atoms with Crippen LogP contribution in [0.3, 0.4) is 0 Å².